The lowest BCUT2D eigenvalue weighted by molar-refractivity contribution is -0.191. The minimum Gasteiger partial charge on any atom is -0.416 e. The van der Waals surface area contributed by atoms with Gasteiger partial charge in [-0.1, -0.05) is 26.8 Å². The van der Waals surface area contributed by atoms with Crippen LogP contribution >= 0.6 is 0 Å². The summed E-state index contributed by atoms with van der Waals surface area (Å²) in [7, 11) is 0. The summed E-state index contributed by atoms with van der Waals surface area (Å²) in [5.41, 5.74) is -2.02. The number of halogens is 6. The Bertz CT molecular complexity index is 1550. The first-order valence-electron chi connectivity index (χ1n) is 12.7. The first-order valence-corrected chi connectivity index (χ1v) is 12.7. The Morgan fingerprint density at radius 2 is 1.49 bits per heavy atom. The highest BCUT2D eigenvalue weighted by Crippen LogP contribution is 2.43. The number of aliphatic hydroxyl groups excluding tert-OH is 1. The zero-order chi connectivity index (χ0) is 31.9. The number of piperidine rings is 1. The van der Waals surface area contributed by atoms with Crippen LogP contribution in [0.1, 0.15) is 49.5 Å². The van der Waals surface area contributed by atoms with Crippen LogP contribution in [0.2, 0.25) is 0 Å². The molecule has 1 aliphatic rings. The smallest absolute Gasteiger partial charge is 0.416 e. The summed E-state index contributed by atoms with van der Waals surface area (Å²) < 4.78 is 88.8. The van der Waals surface area contributed by atoms with E-state index in [1.165, 1.54) is 31.5 Å². The number of ether oxygens (including phenoxy) is 2. The minimum atomic E-state index is -5.62. The van der Waals surface area contributed by atoms with E-state index in [1.54, 1.807) is 12.1 Å². The maximum atomic E-state index is 13.2. The molecular formula is C26H25F6N5O6. The molecule has 1 aromatic carbocycles. The van der Waals surface area contributed by atoms with E-state index >= 15 is 0 Å². The van der Waals surface area contributed by atoms with Crippen molar-refractivity contribution in [2.45, 2.75) is 57.5 Å². The van der Waals surface area contributed by atoms with Crippen molar-refractivity contribution in [3.8, 4) is 11.5 Å². The molecule has 1 saturated heterocycles. The van der Waals surface area contributed by atoms with Crippen LogP contribution in [0.15, 0.2) is 30.5 Å². The summed E-state index contributed by atoms with van der Waals surface area (Å²) in [4.78, 5) is 42.8. The van der Waals surface area contributed by atoms with Crippen molar-refractivity contribution in [1.82, 2.24) is 14.6 Å². The number of fused-ring (bicyclic) bond motifs is 1. The van der Waals surface area contributed by atoms with E-state index in [4.69, 9.17) is 0 Å². The Balaban J connectivity index is 1.73. The number of carbonyl (C=O) groups excluding carboxylic acids is 3. The van der Waals surface area contributed by atoms with E-state index < -0.39 is 58.8 Å². The summed E-state index contributed by atoms with van der Waals surface area (Å²) in [6.45, 7) is 5.40. The van der Waals surface area contributed by atoms with Crippen LogP contribution in [0.3, 0.4) is 0 Å². The quantitative estimate of drug-likeness (QED) is 0.246. The van der Waals surface area contributed by atoms with Crippen LogP contribution in [-0.2, 0) is 15.0 Å². The number of esters is 2. The number of alkyl halides is 6. The highest BCUT2D eigenvalue weighted by molar-refractivity contribution is 6.07. The molecule has 2 N–H and O–H groups in total. The number of nitrogens with one attached hydrogen (secondary N) is 1. The summed E-state index contributed by atoms with van der Waals surface area (Å²) in [6, 6.07) is 5.21. The molecule has 3 heterocycles. The number of nitrogens with zero attached hydrogens (tertiary/aromatic N) is 4. The van der Waals surface area contributed by atoms with Crippen molar-refractivity contribution < 1.29 is 55.3 Å². The van der Waals surface area contributed by atoms with Gasteiger partial charge in [0.25, 0.3) is 5.91 Å². The molecule has 0 atom stereocenters. The number of benzene rings is 1. The molecule has 0 unspecified atom stereocenters. The second-order valence-electron chi connectivity index (χ2n) is 10.6. The van der Waals surface area contributed by atoms with E-state index in [1.807, 2.05) is 4.90 Å². The predicted molar refractivity (Wildman–Crippen MR) is 137 cm³/mol. The average Bonchev–Trinajstić information content (AvgIpc) is 3.29. The maximum Gasteiger partial charge on any atom is 0.491 e. The van der Waals surface area contributed by atoms with Gasteiger partial charge in [-0.15, -0.1) is 5.10 Å². The molecular weight excluding hydrogens is 592 g/mol. The zero-order valence-corrected chi connectivity index (χ0v) is 22.8. The maximum absolute atomic E-state index is 13.2. The van der Waals surface area contributed by atoms with Crippen molar-refractivity contribution in [3.05, 3.63) is 41.6 Å². The minimum absolute atomic E-state index is 0.162. The standard InChI is InChI=1S/C26H25F6N5O6/c1-24(2,3)15-5-4-14(19(42-22(40)25(27,28)29)20(15)43-23(41)26(30,31)32)21(39)34-16-12-37-17(33-16)6-7-18(35-37)36-10-8-13(38)9-11-36/h4-7,12-13,38H,8-11H2,1-3H3,(H,34,39). The Hall–Kier alpha value is -4.41. The van der Waals surface area contributed by atoms with Gasteiger partial charge in [-0.3, -0.25) is 4.79 Å². The molecule has 0 radical (unpaired) electrons. The molecule has 17 heteroatoms. The van der Waals surface area contributed by atoms with E-state index in [0.717, 1.165) is 12.1 Å². The van der Waals surface area contributed by atoms with Crippen LogP contribution in [0, 0.1) is 0 Å². The summed E-state index contributed by atoms with van der Waals surface area (Å²) in [5.74, 6) is -9.08. The van der Waals surface area contributed by atoms with Crippen molar-refractivity contribution in [2.24, 2.45) is 0 Å². The first kappa shape index (κ1) is 31.5. The lowest BCUT2D eigenvalue weighted by Gasteiger charge is -2.30. The Labute approximate surface area is 239 Å². The number of carbonyl (C=O) groups is 3. The van der Waals surface area contributed by atoms with Crippen LogP contribution in [0.4, 0.5) is 38.0 Å². The van der Waals surface area contributed by atoms with Gasteiger partial charge in [0.15, 0.2) is 23.0 Å². The normalized spacial score (nSPS) is 15.0. The van der Waals surface area contributed by atoms with E-state index in [2.05, 4.69) is 24.9 Å². The van der Waals surface area contributed by atoms with Gasteiger partial charge in [0.2, 0.25) is 0 Å². The van der Waals surface area contributed by atoms with Gasteiger partial charge in [0, 0.05) is 18.7 Å². The third-order valence-electron chi connectivity index (χ3n) is 6.35. The van der Waals surface area contributed by atoms with E-state index in [9.17, 15) is 45.8 Å². The van der Waals surface area contributed by atoms with E-state index in [-0.39, 0.29) is 17.0 Å². The number of anilines is 2. The molecule has 232 valence electrons. The molecule has 0 aliphatic carbocycles. The lowest BCUT2D eigenvalue weighted by atomic mass is 9.85. The first-order chi connectivity index (χ1) is 19.8. The number of hydrogen-bond acceptors (Lipinski definition) is 9. The molecule has 43 heavy (non-hydrogen) atoms. The number of aliphatic hydroxyl groups is 1. The molecule has 2 aromatic heterocycles. The molecule has 0 saturated carbocycles. The second kappa shape index (κ2) is 11.3. The fourth-order valence-corrected chi connectivity index (χ4v) is 4.22. The fourth-order valence-electron chi connectivity index (χ4n) is 4.22. The van der Waals surface area contributed by atoms with Gasteiger partial charge in [0.05, 0.1) is 17.9 Å². The molecule has 0 spiro atoms. The summed E-state index contributed by atoms with van der Waals surface area (Å²) in [5, 5.41) is 16.4. The zero-order valence-electron chi connectivity index (χ0n) is 22.8. The van der Waals surface area contributed by atoms with E-state index in [0.29, 0.717) is 31.7 Å². The molecule has 4 rings (SSSR count). The molecule has 3 aromatic rings. The van der Waals surface area contributed by atoms with Gasteiger partial charge in [-0.05, 0) is 36.5 Å². The Kier molecular flexibility index (Phi) is 8.32. The highest BCUT2D eigenvalue weighted by Gasteiger charge is 2.45. The van der Waals surface area contributed by atoms with Gasteiger partial charge in [-0.2, -0.15) is 26.3 Å². The third kappa shape index (κ3) is 7.15. The Morgan fingerprint density at radius 1 is 0.907 bits per heavy atom. The topological polar surface area (TPSA) is 135 Å². The van der Waals surface area contributed by atoms with Gasteiger partial charge < -0.3 is 24.8 Å². The molecule has 1 amide bonds. The molecule has 11 nitrogen and oxygen atoms in total. The monoisotopic (exact) mass is 617 g/mol. The molecule has 1 fully saturated rings. The van der Waals surface area contributed by atoms with Crippen molar-refractivity contribution >= 4 is 35.1 Å². The van der Waals surface area contributed by atoms with Crippen LogP contribution in [0.5, 0.6) is 11.5 Å². The van der Waals surface area contributed by atoms with Crippen LogP contribution < -0.4 is 19.7 Å². The third-order valence-corrected chi connectivity index (χ3v) is 6.35. The second-order valence-corrected chi connectivity index (χ2v) is 10.6. The van der Waals surface area contributed by atoms with Crippen LogP contribution in [-0.4, -0.2) is 69.1 Å². The molecule has 0 bridgehead atoms. The molecule has 1 aliphatic heterocycles. The largest absolute Gasteiger partial charge is 0.491 e. The van der Waals surface area contributed by atoms with Gasteiger partial charge in [-0.25, -0.2) is 19.1 Å². The Morgan fingerprint density at radius 3 is 2.05 bits per heavy atom. The fraction of sp³-hybridized carbons (Fsp3) is 0.423. The number of rotatable bonds is 5. The van der Waals surface area contributed by atoms with Crippen molar-refractivity contribution in [3.63, 3.8) is 0 Å². The number of amides is 1. The van der Waals surface area contributed by atoms with Gasteiger partial charge >= 0.3 is 24.3 Å². The van der Waals surface area contributed by atoms with Crippen molar-refractivity contribution in [2.75, 3.05) is 23.3 Å². The average molecular weight is 618 g/mol. The number of hydrogen-bond donors (Lipinski definition) is 2. The predicted octanol–water partition coefficient (Wildman–Crippen LogP) is 4.18. The van der Waals surface area contributed by atoms with Crippen LogP contribution in [0.25, 0.3) is 5.65 Å². The number of aromatic nitrogens is 3. The number of imidazole rings is 1. The highest BCUT2D eigenvalue weighted by atomic mass is 19.4. The van der Waals surface area contributed by atoms with Gasteiger partial charge in [0.1, 0.15) is 5.82 Å². The van der Waals surface area contributed by atoms with Crippen molar-refractivity contribution in [1.29, 1.82) is 0 Å². The summed E-state index contributed by atoms with van der Waals surface area (Å²) >= 11 is 0. The summed E-state index contributed by atoms with van der Waals surface area (Å²) in [6.07, 6.45) is -9.25. The lowest BCUT2D eigenvalue weighted by Crippen LogP contribution is -2.36. The SMILES string of the molecule is CC(C)(C)c1ccc(C(=O)Nc2cn3nc(N4CCC(O)CC4)ccc3n2)c(OC(=O)C(F)(F)F)c1OC(=O)C(F)(F)F.